The molecule has 0 bridgehead atoms. The molecule has 3 fully saturated rings. The lowest BCUT2D eigenvalue weighted by atomic mass is 9.56. The second-order valence-corrected chi connectivity index (χ2v) is 7.82. The number of carbonyl (C=O) groups is 1. The zero-order valence-electron chi connectivity index (χ0n) is 13.6. The van der Waals surface area contributed by atoms with Gasteiger partial charge in [-0.15, -0.1) is 0 Å². The molecule has 3 rings (SSSR count). The van der Waals surface area contributed by atoms with E-state index in [2.05, 4.69) is 6.92 Å². The van der Waals surface area contributed by atoms with Crippen LogP contribution in [0.2, 0.25) is 0 Å². The van der Waals surface area contributed by atoms with Gasteiger partial charge in [-0.1, -0.05) is 13.3 Å². The zero-order valence-corrected chi connectivity index (χ0v) is 13.6. The number of methoxy groups -OCH3 is 1. The molecule has 0 spiro atoms. The molecule has 0 aliphatic heterocycles. The summed E-state index contributed by atoms with van der Waals surface area (Å²) >= 11 is 0. The van der Waals surface area contributed by atoms with Gasteiger partial charge in [-0.05, 0) is 62.2 Å². The maximum Gasteiger partial charge on any atom is 0.146 e. The molecule has 0 heterocycles. The van der Waals surface area contributed by atoms with Crippen LogP contribution in [0.25, 0.3) is 0 Å². The van der Waals surface area contributed by atoms with Crippen molar-refractivity contribution < 1.29 is 14.3 Å². The van der Waals surface area contributed by atoms with E-state index in [-0.39, 0.29) is 5.41 Å². The van der Waals surface area contributed by atoms with Crippen molar-refractivity contribution in [1.29, 1.82) is 0 Å². The van der Waals surface area contributed by atoms with E-state index in [0.29, 0.717) is 18.5 Å². The average Bonchev–Trinajstić information content (AvgIpc) is 2.76. The van der Waals surface area contributed by atoms with Crippen LogP contribution in [-0.2, 0) is 14.3 Å². The third-order valence-corrected chi connectivity index (χ3v) is 6.65. The van der Waals surface area contributed by atoms with Crippen LogP contribution in [0.4, 0.5) is 0 Å². The van der Waals surface area contributed by atoms with E-state index in [1.807, 2.05) is 0 Å². The van der Waals surface area contributed by atoms with Gasteiger partial charge >= 0.3 is 0 Å². The van der Waals surface area contributed by atoms with Crippen molar-refractivity contribution in [2.75, 3.05) is 20.5 Å². The van der Waals surface area contributed by atoms with Crippen LogP contribution in [0.15, 0.2) is 0 Å². The van der Waals surface area contributed by atoms with Gasteiger partial charge in [0.25, 0.3) is 0 Å². The molecule has 0 amide bonds. The largest absolute Gasteiger partial charge is 0.359 e. The van der Waals surface area contributed by atoms with Gasteiger partial charge in [0.15, 0.2) is 0 Å². The van der Waals surface area contributed by atoms with Gasteiger partial charge < -0.3 is 9.47 Å². The Bertz CT molecular complexity index is 381. The monoisotopic (exact) mass is 294 g/mol. The Kier molecular flexibility index (Phi) is 4.70. The minimum absolute atomic E-state index is 0.0373. The lowest BCUT2D eigenvalue weighted by Crippen LogP contribution is -2.42. The maximum absolute atomic E-state index is 12.2. The fourth-order valence-electron chi connectivity index (χ4n) is 5.34. The lowest BCUT2D eigenvalue weighted by Gasteiger charge is -2.48. The van der Waals surface area contributed by atoms with Crippen molar-refractivity contribution in [3.8, 4) is 0 Å². The molecule has 0 saturated heterocycles. The molecule has 3 heteroatoms. The number of carbonyl (C=O) groups excluding carboxylic acids is 1. The molecule has 5 atom stereocenters. The predicted octanol–water partition coefficient (Wildman–Crippen LogP) is 3.81. The zero-order chi connectivity index (χ0) is 14.9. The average molecular weight is 294 g/mol. The molecule has 3 aliphatic carbocycles. The molecule has 0 unspecified atom stereocenters. The van der Waals surface area contributed by atoms with Crippen LogP contribution in [0.3, 0.4) is 0 Å². The first-order valence-electron chi connectivity index (χ1n) is 8.73. The minimum atomic E-state index is 0.0373. The van der Waals surface area contributed by atoms with Gasteiger partial charge in [-0.25, -0.2) is 0 Å². The summed E-state index contributed by atoms with van der Waals surface area (Å²) in [6.07, 6.45) is 9.67. The van der Waals surface area contributed by atoms with Gasteiger partial charge in [0.2, 0.25) is 0 Å². The van der Waals surface area contributed by atoms with Crippen molar-refractivity contribution in [2.45, 2.75) is 58.3 Å². The highest BCUT2D eigenvalue weighted by Crippen LogP contribution is 2.57. The molecule has 0 N–H and O–H groups in total. The highest BCUT2D eigenvalue weighted by Gasteiger charge is 2.52. The number of hydrogen-bond acceptors (Lipinski definition) is 3. The molecular formula is C18H30O3. The maximum atomic E-state index is 12.2. The molecular weight excluding hydrogens is 264 g/mol. The first-order chi connectivity index (χ1) is 10.1. The van der Waals surface area contributed by atoms with E-state index < -0.39 is 0 Å². The quantitative estimate of drug-likeness (QED) is 0.571. The number of Topliss-reactive ketones (excluding diaryl/α,β-unsaturated/α-hetero) is 1. The normalized spacial score (nSPS) is 42.7. The van der Waals surface area contributed by atoms with E-state index >= 15 is 0 Å². The summed E-state index contributed by atoms with van der Waals surface area (Å²) in [6, 6.07) is 0. The number of fused-ring (bicyclic) bond motifs is 2. The molecule has 21 heavy (non-hydrogen) atoms. The fourth-order valence-corrected chi connectivity index (χ4v) is 5.34. The molecule has 0 aromatic heterocycles. The highest BCUT2D eigenvalue weighted by atomic mass is 16.7. The third kappa shape index (κ3) is 3.05. The highest BCUT2D eigenvalue weighted by molar-refractivity contribution is 5.87. The minimum Gasteiger partial charge on any atom is -0.359 e. The van der Waals surface area contributed by atoms with Crippen LogP contribution >= 0.6 is 0 Å². The SMILES string of the molecule is COCOCC[C@@H]1CC[C@@H]2C[C@]3(C)C(=O)CC[C@H]3C[C@H]2C1. The fraction of sp³-hybridized carbons (Fsp3) is 0.944. The topological polar surface area (TPSA) is 35.5 Å². The summed E-state index contributed by atoms with van der Waals surface area (Å²) < 4.78 is 10.4. The predicted molar refractivity (Wildman–Crippen MR) is 81.8 cm³/mol. The van der Waals surface area contributed by atoms with E-state index in [1.165, 1.54) is 38.5 Å². The molecule has 0 aromatic rings. The Hall–Kier alpha value is -0.410. The molecule has 0 radical (unpaired) electrons. The summed E-state index contributed by atoms with van der Waals surface area (Å²) in [4.78, 5) is 12.2. The summed E-state index contributed by atoms with van der Waals surface area (Å²) in [5, 5.41) is 0. The number of hydrogen-bond donors (Lipinski definition) is 0. The van der Waals surface area contributed by atoms with E-state index in [4.69, 9.17) is 9.47 Å². The van der Waals surface area contributed by atoms with Crippen molar-refractivity contribution >= 4 is 5.78 Å². The first kappa shape index (κ1) is 15.5. The standard InChI is InChI=1S/C18H30O3/c1-18-11-14-4-3-13(7-8-21-12-20-2)9-15(14)10-16(18)5-6-17(18)19/h13-16H,3-12H2,1-2H3/t13-,14+,15+,16-,18-/m0/s1. The van der Waals surface area contributed by atoms with E-state index in [9.17, 15) is 4.79 Å². The Morgan fingerprint density at radius 1 is 1.19 bits per heavy atom. The summed E-state index contributed by atoms with van der Waals surface area (Å²) in [6.45, 7) is 3.50. The lowest BCUT2D eigenvalue weighted by molar-refractivity contribution is -0.130. The second-order valence-electron chi connectivity index (χ2n) is 7.82. The second kappa shape index (κ2) is 6.37. The van der Waals surface area contributed by atoms with Gasteiger partial charge in [0, 0.05) is 25.6 Å². The summed E-state index contributed by atoms with van der Waals surface area (Å²) in [7, 11) is 1.67. The van der Waals surface area contributed by atoms with Gasteiger partial charge in [0.1, 0.15) is 12.6 Å². The Morgan fingerprint density at radius 3 is 2.86 bits per heavy atom. The summed E-state index contributed by atoms with van der Waals surface area (Å²) in [5.74, 6) is 3.74. The molecule has 3 aliphatic rings. The summed E-state index contributed by atoms with van der Waals surface area (Å²) in [5.41, 5.74) is 0.0373. The van der Waals surface area contributed by atoms with Crippen molar-refractivity contribution in [1.82, 2.24) is 0 Å². The van der Waals surface area contributed by atoms with Crippen LogP contribution in [0, 0.1) is 29.1 Å². The van der Waals surface area contributed by atoms with E-state index in [0.717, 1.165) is 37.2 Å². The van der Waals surface area contributed by atoms with Crippen LogP contribution in [-0.4, -0.2) is 26.3 Å². The molecule has 3 saturated carbocycles. The van der Waals surface area contributed by atoms with Crippen LogP contribution in [0.5, 0.6) is 0 Å². The van der Waals surface area contributed by atoms with Crippen molar-refractivity contribution in [3.05, 3.63) is 0 Å². The molecule has 120 valence electrons. The van der Waals surface area contributed by atoms with Gasteiger partial charge in [-0.2, -0.15) is 0 Å². The first-order valence-corrected chi connectivity index (χ1v) is 8.73. The number of ether oxygens (including phenoxy) is 2. The number of rotatable bonds is 5. The van der Waals surface area contributed by atoms with E-state index in [1.54, 1.807) is 7.11 Å². The Morgan fingerprint density at radius 2 is 2.05 bits per heavy atom. The van der Waals surface area contributed by atoms with Gasteiger partial charge in [-0.3, -0.25) is 4.79 Å². The van der Waals surface area contributed by atoms with Crippen molar-refractivity contribution in [3.63, 3.8) is 0 Å². The van der Waals surface area contributed by atoms with Crippen LogP contribution < -0.4 is 0 Å². The van der Waals surface area contributed by atoms with Gasteiger partial charge in [0.05, 0.1) is 0 Å². The third-order valence-electron chi connectivity index (χ3n) is 6.65. The Balaban J connectivity index is 1.52. The smallest absolute Gasteiger partial charge is 0.146 e. The number of ketones is 1. The Labute approximate surface area is 128 Å². The van der Waals surface area contributed by atoms with Crippen LogP contribution in [0.1, 0.15) is 58.3 Å². The molecule has 3 nitrogen and oxygen atoms in total. The molecule has 0 aromatic carbocycles. The van der Waals surface area contributed by atoms with Crippen molar-refractivity contribution in [2.24, 2.45) is 29.1 Å².